The first-order valence-electron chi connectivity index (χ1n) is 12.1. The van der Waals surface area contributed by atoms with E-state index in [-0.39, 0.29) is 0 Å². The fourth-order valence-corrected chi connectivity index (χ4v) is 8.05. The number of hydrogen-bond donors (Lipinski definition) is 0. The first-order chi connectivity index (χ1) is 17.7. The topological polar surface area (TPSA) is 30.0 Å². The average Bonchev–Trinajstić information content (AvgIpc) is 2.96. The summed E-state index contributed by atoms with van der Waals surface area (Å²) < 4.78 is 15.7. The summed E-state index contributed by atoms with van der Waals surface area (Å²) >= 11 is 0. The zero-order valence-corrected chi connectivity index (χ0v) is 20.4. The van der Waals surface area contributed by atoms with Gasteiger partial charge in [0.15, 0.2) is 7.14 Å². The van der Waals surface area contributed by atoms with Crippen molar-refractivity contribution < 1.29 is 4.57 Å². The van der Waals surface area contributed by atoms with Crippen molar-refractivity contribution in [3.8, 4) is 0 Å². The van der Waals surface area contributed by atoms with Crippen LogP contribution in [-0.4, -0.2) is 4.98 Å². The summed E-state index contributed by atoms with van der Waals surface area (Å²) in [6, 6.07) is 45.1. The van der Waals surface area contributed by atoms with E-state index in [0.717, 1.165) is 53.8 Å². The highest BCUT2D eigenvalue weighted by molar-refractivity contribution is 7.85. The zero-order valence-electron chi connectivity index (χ0n) is 19.5. The van der Waals surface area contributed by atoms with E-state index in [1.54, 1.807) is 0 Å². The van der Waals surface area contributed by atoms with Crippen LogP contribution in [0.25, 0.3) is 43.2 Å². The van der Waals surface area contributed by atoms with Gasteiger partial charge in [-0.15, -0.1) is 0 Å². The number of benzene rings is 6. The lowest BCUT2D eigenvalue weighted by Gasteiger charge is -2.22. The Morgan fingerprint density at radius 2 is 0.917 bits per heavy atom. The second kappa shape index (κ2) is 8.16. The molecule has 1 aromatic heterocycles. The maximum absolute atomic E-state index is 15.7. The normalized spacial score (nSPS) is 12.0. The minimum absolute atomic E-state index is 0.641. The first kappa shape index (κ1) is 21.1. The predicted molar refractivity (Wildman–Crippen MR) is 154 cm³/mol. The molecule has 0 aliphatic rings. The van der Waals surface area contributed by atoms with E-state index >= 15 is 4.57 Å². The Balaban J connectivity index is 1.63. The van der Waals surface area contributed by atoms with E-state index in [1.165, 1.54) is 0 Å². The first-order valence-corrected chi connectivity index (χ1v) is 13.8. The van der Waals surface area contributed by atoms with Crippen LogP contribution in [0.2, 0.25) is 0 Å². The van der Waals surface area contributed by atoms with E-state index in [9.17, 15) is 0 Å². The number of rotatable bonds is 3. The third kappa shape index (κ3) is 3.19. The Labute approximate surface area is 209 Å². The third-order valence-electron chi connectivity index (χ3n) is 7.08. The van der Waals surface area contributed by atoms with Gasteiger partial charge < -0.3 is 4.57 Å². The number of nitrogens with zero attached hydrogens (tertiary/aromatic N) is 1. The van der Waals surface area contributed by atoms with Crippen molar-refractivity contribution in [2.75, 3.05) is 0 Å². The minimum atomic E-state index is -3.35. The molecular weight excluding hydrogens is 457 g/mol. The molecule has 2 nitrogen and oxygen atoms in total. The van der Waals surface area contributed by atoms with Crippen molar-refractivity contribution in [2.24, 2.45) is 0 Å². The van der Waals surface area contributed by atoms with E-state index in [2.05, 4.69) is 66.7 Å². The van der Waals surface area contributed by atoms with Crippen LogP contribution in [-0.2, 0) is 4.57 Å². The zero-order chi connectivity index (χ0) is 24.1. The summed E-state index contributed by atoms with van der Waals surface area (Å²) in [4.78, 5) is 5.13. The van der Waals surface area contributed by atoms with Crippen LogP contribution in [0.4, 0.5) is 0 Å². The minimum Gasteiger partial charge on any atom is -0.307 e. The van der Waals surface area contributed by atoms with E-state index in [0.29, 0.717) is 5.44 Å². The lowest BCUT2D eigenvalue weighted by molar-refractivity contribution is 0.592. The summed E-state index contributed by atoms with van der Waals surface area (Å²) in [6.07, 6.45) is 0. The molecule has 0 fully saturated rings. The molecule has 0 unspecified atom stereocenters. The molecular formula is C33H22NOP. The van der Waals surface area contributed by atoms with Crippen molar-refractivity contribution in [1.82, 2.24) is 4.98 Å². The van der Waals surface area contributed by atoms with Gasteiger partial charge in [-0.3, -0.25) is 0 Å². The Hall–Kier alpha value is -4.26. The van der Waals surface area contributed by atoms with Gasteiger partial charge in [0.25, 0.3) is 0 Å². The molecule has 7 aromatic rings. The standard InChI is InChI=1S/C33H22NOP/c35-36(27-19-17-23-9-1-3-11-25(23)21-27,28-20-18-24-10-2-4-12-26(24)22-28)33-31-15-6-5-13-29(31)30-14-7-8-16-32(30)34-33/h1-22H. The SMILES string of the molecule is O=P(c1ccc2ccccc2c1)(c1ccc2ccccc2c1)c1nc2ccccc2c2ccccc12. The molecule has 170 valence electrons. The molecule has 0 aliphatic carbocycles. The third-order valence-corrected chi connectivity index (χ3v) is 10.0. The predicted octanol–water partition coefficient (Wildman–Crippen LogP) is 7.33. The highest BCUT2D eigenvalue weighted by atomic mass is 31.2. The molecule has 36 heavy (non-hydrogen) atoms. The summed E-state index contributed by atoms with van der Waals surface area (Å²) in [5.74, 6) is 0. The van der Waals surface area contributed by atoms with Gasteiger partial charge in [-0.1, -0.05) is 115 Å². The highest BCUT2D eigenvalue weighted by Crippen LogP contribution is 2.45. The van der Waals surface area contributed by atoms with Crippen molar-refractivity contribution in [2.45, 2.75) is 0 Å². The molecule has 7 rings (SSSR count). The maximum atomic E-state index is 15.7. The fraction of sp³-hybridized carbons (Fsp3) is 0. The number of para-hydroxylation sites is 1. The van der Waals surface area contributed by atoms with Gasteiger partial charge in [-0.25, -0.2) is 4.98 Å². The molecule has 1 heterocycles. The van der Waals surface area contributed by atoms with Gasteiger partial charge in [-0.05, 0) is 45.1 Å². The fourth-order valence-electron chi connectivity index (χ4n) is 5.27. The maximum Gasteiger partial charge on any atom is 0.189 e. The van der Waals surface area contributed by atoms with Crippen LogP contribution in [0.15, 0.2) is 133 Å². The molecule has 0 aliphatic heterocycles. The summed E-state index contributed by atoms with van der Waals surface area (Å²) in [5, 5.41) is 9.06. The second-order valence-corrected chi connectivity index (χ2v) is 11.8. The Bertz CT molecular complexity index is 1910. The molecule has 3 heteroatoms. The quantitative estimate of drug-likeness (QED) is 0.196. The molecule has 0 saturated heterocycles. The van der Waals surface area contributed by atoms with Crippen molar-refractivity contribution in [3.05, 3.63) is 133 Å². The molecule has 0 bridgehead atoms. The van der Waals surface area contributed by atoms with Crippen LogP contribution in [0.5, 0.6) is 0 Å². The van der Waals surface area contributed by atoms with Gasteiger partial charge in [-0.2, -0.15) is 0 Å². The van der Waals surface area contributed by atoms with Crippen LogP contribution in [0, 0.1) is 0 Å². The molecule has 6 aromatic carbocycles. The molecule has 0 radical (unpaired) electrons. The van der Waals surface area contributed by atoms with Gasteiger partial charge in [0.1, 0.15) is 5.44 Å². The van der Waals surface area contributed by atoms with Gasteiger partial charge in [0.2, 0.25) is 0 Å². The van der Waals surface area contributed by atoms with E-state index in [1.807, 2.05) is 66.7 Å². The molecule has 0 saturated carbocycles. The molecule has 0 N–H and O–H groups in total. The molecule has 0 atom stereocenters. The lowest BCUT2D eigenvalue weighted by atomic mass is 10.1. The monoisotopic (exact) mass is 479 g/mol. The molecule has 0 spiro atoms. The van der Waals surface area contributed by atoms with Crippen molar-refractivity contribution in [1.29, 1.82) is 0 Å². The second-order valence-electron chi connectivity index (χ2n) is 9.17. The largest absolute Gasteiger partial charge is 0.307 e. The van der Waals surface area contributed by atoms with Crippen LogP contribution < -0.4 is 16.0 Å². The Kier molecular flexibility index (Phi) is 4.77. The van der Waals surface area contributed by atoms with E-state index < -0.39 is 7.14 Å². The van der Waals surface area contributed by atoms with Gasteiger partial charge in [0.05, 0.1) is 5.52 Å². The molecule has 0 amide bonds. The number of aromatic nitrogens is 1. The van der Waals surface area contributed by atoms with E-state index in [4.69, 9.17) is 4.98 Å². The average molecular weight is 480 g/mol. The van der Waals surface area contributed by atoms with Gasteiger partial charge in [0, 0.05) is 21.4 Å². The Morgan fingerprint density at radius 3 is 1.53 bits per heavy atom. The van der Waals surface area contributed by atoms with Crippen LogP contribution in [0.1, 0.15) is 0 Å². The lowest BCUT2D eigenvalue weighted by Crippen LogP contribution is -2.28. The van der Waals surface area contributed by atoms with Crippen molar-refractivity contribution >= 4 is 66.4 Å². The summed E-state index contributed by atoms with van der Waals surface area (Å²) in [5.41, 5.74) is 1.50. The summed E-state index contributed by atoms with van der Waals surface area (Å²) in [6.45, 7) is 0. The number of pyridine rings is 1. The smallest absolute Gasteiger partial charge is 0.189 e. The van der Waals surface area contributed by atoms with Gasteiger partial charge >= 0.3 is 0 Å². The van der Waals surface area contributed by atoms with Crippen LogP contribution in [0.3, 0.4) is 0 Å². The number of hydrogen-bond acceptors (Lipinski definition) is 2. The summed E-state index contributed by atoms with van der Waals surface area (Å²) in [7, 11) is -3.35. The van der Waals surface area contributed by atoms with Crippen LogP contribution >= 0.6 is 7.14 Å². The Morgan fingerprint density at radius 1 is 0.444 bits per heavy atom. The number of fused-ring (bicyclic) bond motifs is 5. The van der Waals surface area contributed by atoms with Crippen molar-refractivity contribution in [3.63, 3.8) is 0 Å². The highest BCUT2D eigenvalue weighted by Gasteiger charge is 2.34.